The fourth-order valence-corrected chi connectivity index (χ4v) is 1.63. The Labute approximate surface area is 103 Å². The Balaban J connectivity index is 2.92. The molecule has 1 amide bonds. The predicted octanol–water partition coefficient (Wildman–Crippen LogP) is 2.17. The number of hydrogen-bond acceptors (Lipinski definition) is 3. The summed E-state index contributed by atoms with van der Waals surface area (Å²) in [6.45, 7) is 8.93. The summed E-state index contributed by atoms with van der Waals surface area (Å²) in [7, 11) is 0. The SMILES string of the molecule is CC(C)CN(C(=O)c1cc(N)ccn1)C(C)C. The van der Waals surface area contributed by atoms with Crippen LogP contribution in [-0.2, 0) is 0 Å². The second kappa shape index (κ2) is 5.66. The number of hydrogen-bond donors (Lipinski definition) is 1. The van der Waals surface area contributed by atoms with Crippen LogP contribution in [-0.4, -0.2) is 28.4 Å². The monoisotopic (exact) mass is 235 g/mol. The van der Waals surface area contributed by atoms with Gasteiger partial charge in [0.15, 0.2) is 0 Å². The van der Waals surface area contributed by atoms with E-state index >= 15 is 0 Å². The average Bonchev–Trinajstić information content (AvgIpc) is 2.24. The summed E-state index contributed by atoms with van der Waals surface area (Å²) in [6.07, 6.45) is 1.57. The van der Waals surface area contributed by atoms with E-state index in [4.69, 9.17) is 5.73 Å². The number of nitrogens with two attached hydrogens (primary N) is 1. The Hall–Kier alpha value is -1.58. The van der Waals surface area contributed by atoms with Gasteiger partial charge in [-0.2, -0.15) is 0 Å². The molecule has 1 heterocycles. The summed E-state index contributed by atoms with van der Waals surface area (Å²) in [5.74, 6) is 0.378. The third-order valence-corrected chi connectivity index (χ3v) is 2.45. The van der Waals surface area contributed by atoms with Crippen molar-refractivity contribution < 1.29 is 4.79 Å². The number of carbonyl (C=O) groups is 1. The average molecular weight is 235 g/mol. The fraction of sp³-hybridized carbons (Fsp3) is 0.538. The van der Waals surface area contributed by atoms with Crippen molar-refractivity contribution in [1.82, 2.24) is 9.88 Å². The van der Waals surface area contributed by atoms with E-state index in [1.807, 2.05) is 18.7 Å². The van der Waals surface area contributed by atoms with Crippen LogP contribution in [0.25, 0.3) is 0 Å². The van der Waals surface area contributed by atoms with Crippen LogP contribution in [0, 0.1) is 5.92 Å². The summed E-state index contributed by atoms with van der Waals surface area (Å²) < 4.78 is 0. The van der Waals surface area contributed by atoms with Crippen LogP contribution in [0.15, 0.2) is 18.3 Å². The Morgan fingerprint density at radius 3 is 2.53 bits per heavy atom. The van der Waals surface area contributed by atoms with Gasteiger partial charge in [-0.1, -0.05) is 13.8 Å². The van der Waals surface area contributed by atoms with Gasteiger partial charge in [0.2, 0.25) is 0 Å². The molecule has 0 fully saturated rings. The van der Waals surface area contributed by atoms with Gasteiger partial charge in [-0.3, -0.25) is 9.78 Å². The van der Waals surface area contributed by atoms with Crippen molar-refractivity contribution in [3.63, 3.8) is 0 Å². The molecule has 0 aliphatic heterocycles. The summed E-state index contributed by atoms with van der Waals surface area (Å²) >= 11 is 0. The van der Waals surface area contributed by atoms with Crippen LogP contribution in [0.2, 0.25) is 0 Å². The maximum absolute atomic E-state index is 12.3. The quantitative estimate of drug-likeness (QED) is 0.870. The standard InChI is InChI=1S/C13H21N3O/c1-9(2)8-16(10(3)4)13(17)12-7-11(14)5-6-15-12/h5-7,9-10H,8H2,1-4H3,(H2,14,15). The molecule has 1 aromatic heterocycles. The van der Waals surface area contributed by atoms with Crippen LogP contribution in [0.4, 0.5) is 5.69 Å². The van der Waals surface area contributed by atoms with E-state index in [1.165, 1.54) is 0 Å². The molecule has 94 valence electrons. The van der Waals surface area contributed by atoms with Crippen LogP contribution >= 0.6 is 0 Å². The Morgan fingerprint density at radius 1 is 1.41 bits per heavy atom. The molecule has 4 nitrogen and oxygen atoms in total. The maximum Gasteiger partial charge on any atom is 0.272 e. The van der Waals surface area contributed by atoms with E-state index in [-0.39, 0.29) is 11.9 Å². The molecular weight excluding hydrogens is 214 g/mol. The number of amides is 1. The lowest BCUT2D eigenvalue weighted by atomic mass is 10.1. The fourth-order valence-electron chi connectivity index (χ4n) is 1.63. The largest absolute Gasteiger partial charge is 0.399 e. The van der Waals surface area contributed by atoms with E-state index in [9.17, 15) is 4.79 Å². The molecule has 1 aromatic rings. The van der Waals surface area contributed by atoms with Crippen molar-refractivity contribution in [2.75, 3.05) is 12.3 Å². The van der Waals surface area contributed by atoms with Crippen molar-refractivity contribution in [2.24, 2.45) is 5.92 Å². The second-order valence-corrected chi connectivity index (χ2v) is 4.92. The first-order valence-corrected chi connectivity index (χ1v) is 5.94. The van der Waals surface area contributed by atoms with Gasteiger partial charge in [0.1, 0.15) is 5.69 Å². The van der Waals surface area contributed by atoms with Crippen molar-refractivity contribution in [3.8, 4) is 0 Å². The normalized spacial score (nSPS) is 10.9. The molecule has 0 aliphatic rings. The molecule has 0 bridgehead atoms. The molecule has 0 saturated heterocycles. The van der Waals surface area contributed by atoms with Gasteiger partial charge in [0, 0.05) is 24.5 Å². The summed E-state index contributed by atoms with van der Waals surface area (Å²) in [4.78, 5) is 18.2. The van der Waals surface area contributed by atoms with E-state index < -0.39 is 0 Å². The highest BCUT2D eigenvalue weighted by Gasteiger charge is 2.20. The molecule has 2 N–H and O–H groups in total. The number of aromatic nitrogens is 1. The number of rotatable bonds is 4. The Morgan fingerprint density at radius 2 is 2.06 bits per heavy atom. The lowest BCUT2D eigenvalue weighted by Crippen LogP contribution is -2.39. The first kappa shape index (κ1) is 13.5. The molecule has 1 rings (SSSR count). The number of nitrogens with zero attached hydrogens (tertiary/aromatic N) is 2. The molecule has 0 unspecified atom stereocenters. The minimum Gasteiger partial charge on any atom is -0.399 e. The van der Waals surface area contributed by atoms with Gasteiger partial charge in [-0.05, 0) is 31.9 Å². The van der Waals surface area contributed by atoms with Crippen LogP contribution in [0.5, 0.6) is 0 Å². The molecule has 4 heteroatoms. The highest BCUT2D eigenvalue weighted by Crippen LogP contribution is 2.11. The minimum atomic E-state index is -0.0546. The lowest BCUT2D eigenvalue weighted by Gasteiger charge is -2.28. The first-order valence-electron chi connectivity index (χ1n) is 5.94. The van der Waals surface area contributed by atoms with Crippen molar-refractivity contribution in [2.45, 2.75) is 33.7 Å². The topological polar surface area (TPSA) is 59.2 Å². The molecule has 17 heavy (non-hydrogen) atoms. The smallest absolute Gasteiger partial charge is 0.272 e. The van der Waals surface area contributed by atoms with Gasteiger partial charge in [0.05, 0.1) is 0 Å². The van der Waals surface area contributed by atoms with E-state index in [0.717, 1.165) is 6.54 Å². The first-order chi connectivity index (χ1) is 7.91. The van der Waals surface area contributed by atoms with Crippen LogP contribution < -0.4 is 5.73 Å². The minimum absolute atomic E-state index is 0.0546. The molecular formula is C13H21N3O. The van der Waals surface area contributed by atoms with Gasteiger partial charge in [0.25, 0.3) is 5.91 Å². The molecule has 0 aromatic carbocycles. The second-order valence-electron chi connectivity index (χ2n) is 4.92. The zero-order valence-corrected chi connectivity index (χ0v) is 11.0. The third kappa shape index (κ3) is 3.73. The van der Waals surface area contributed by atoms with E-state index in [1.54, 1.807) is 18.3 Å². The predicted molar refractivity (Wildman–Crippen MR) is 69.7 cm³/mol. The van der Waals surface area contributed by atoms with Crippen LogP contribution in [0.1, 0.15) is 38.2 Å². The number of nitrogen functional groups attached to an aromatic ring is 1. The molecule has 0 saturated carbocycles. The zero-order chi connectivity index (χ0) is 13.0. The zero-order valence-electron chi connectivity index (χ0n) is 11.0. The van der Waals surface area contributed by atoms with E-state index in [0.29, 0.717) is 17.3 Å². The lowest BCUT2D eigenvalue weighted by molar-refractivity contribution is 0.0676. The van der Waals surface area contributed by atoms with Crippen molar-refractivity contribution in [1.29, 1.82) is 0 Å². The Kier molecular flexibility index (Phi) is 4.49. The number of carbonyl (C=O) groups excluding carboxylic acids is 1. The maximum atomic E-state index is 12.3. The summed E-state index contributed by atoms with van der Waals surface area (Å²) in [5, 5.41) is 0. The van der Waals surface area contributed by atoms with Gasteiger partial charge >= 0.3 is 0 Å². The molecule has 0 spiro atoms. The summed E-state index contributed by atoms with van der Waals surface area (Å²) in [5.41, 5.74) is 6.65. The van der Waals surface area contributed by atoms with Crippen LogP contribution in [0.3, 0.4) is 0 Å². The molecule has 0 atom stereocenters. The number of pyridine rings is 1. The van der Waals surface area contributed by atoms with Crippen molar-refractivity contribution >= 4 is 11.6 Å². The molecule has 0 aliphatic carbocycles. The van der Waals surface area contributed by atoms with E-state index in [2.05, 4.69) is 18.8 Å². The highest BCUT2D eigenvalue weighted by molar-refractivity contribution is 5.93. The summed E-state index contributed by atoms with van der Waals surface area (Å²) in [6, 6.07) is 3.46. The van der Waals surface area contributed by atoms with Gasteiger partial charge in [-0.25, -0.2) is 0 Å². The Bertz CT molecular complexity index is 388. The highest BCUT2D eigenvalue weighted by atomic mass is 16.2. The van der Waals surface area contributed by atoms with Crippen molar-refractivity contribution in [3.05, 3.63) is 24.0 Å². The van der Waals surface area contributed by atoms with Gasteiger partial charge < -0.3 is 10.6 Å². The molecule has 0 radical (unpaired) electrons. The number of anilines is 1. The van der Waals surface area contributed by atoms with Gasteiger partial charge in [-0.15, -0.1) is 0 Å². The third-order valence-electron chi connectivity index (χ3n) is 2.45.